The number of rotatable bonds is 11. The van der Waals surface area contributed by atoms with Crippen LogP contribution in [0.25, 0.3) is 0 Å². The zero-order chi connectivity index (χ0) is 19.6. The van der Waals surface area contributed by atoms with Gasteiger partial charge < -0.3 is 26.0 Å². The number of primary amides is 2. The van der Waals surface area contributed by atoms with Crippen LogP contribution in [0.2, 0.25) is 0 Å². The number of ether oxygens (including phenoxy) is 2. The number of aliphatic hydroxyl groups excluding tert-OH is 1. The molecule has 2 aromatic carbocycles. The van der Waals surface area contributed by atoms with Crippen molar-refractivity contribution in [1.82, 2.24) is 0 Å². The number of benzene rings is 2. The Morgan fingerprint density at radius 3 is 1.74 bits per heavy atom. The molecule has 0 bridgehead atoms. The summed E-state index contributed by atoms with van der Waals surface area (Å²) in [5.41, 5.74) is 12.4. The summed E-state index contributed by atoms with van der Waals surface area (Å²) in [6, 6.07) is 18.4. The molecule has 27 heavy (non-hydrogen) atoms. The lowest BCUT2D eigenvalue weighted by Crippen LogP contribution is -2.45. The number of amides is 2. The van der Waals surface area contributed by atoms with Gasteiger partial charge in [0.1, 0.15) is 6.10 Å². The van der Waals surface area contributed by atoms with E-state index in [0.717, 1.165) is 11.1 Å². The van der Waals surface area contributed by atoms with Gasteiger partial charge in [-0.05, 0) is 11.1 Å². The summed E-state index contributed by atoms with van der Waals surface area (Å²) >= 11 is 0. The smallest absolute Gasteiger partial charge is 0.249 e. The molecule has 0 aliphatic carbocycles. The largest absolute Gasteiger partial charge is 0.390 e. The SMILES string of the molecule is NC(=O)C(OCc1ccccc1)[C@@H](O)C[C@@H](OCc1ccccc1)C(N)=O. The van der Waals surface area contributed by atoms with Crippen molar-refractivity contribution in [2.75, 3.05) is 0 Å². The first-order valence-electron chi connectivity index (χ1n) is 8.55. The van der Waals surface area contributed by atoms with Gasteiger partial charge in [0.15, 0.2) is 6.10 Å². The molecule has 5 N–H and O–H groups in total. The van der Waals surface area contributed by atoms with E-state index in [1.165, 1.54) is 0 Å². The Morgan fingerprint density at radius 1 is 0.815 bits per heavy atom. The van der Waals surface area contributed by atoms with Crippen LogP contribution in [0, 0.1) is 0 Å². The first-order chi connectivity index (χ1) is 13.0. The molecule has 2 aromatic rings. The van der Waals surface area contributed by atoms with Crippen LogP contribution < -0.4 is 11.5 Å². The normalized spacial score (nSPS) is 14.3. The van der Waals surface area contributed by atoms with E-state index < -0.39 is 30.1 Å². The molecule has 3 atom stereocenters. The van der Waals surface area contributed by atoms with Gasteiger partial charge in [-0.1, -0.05) is 60.7 Å². The van der Waals surface area contributed by atoms with E-state index in [1.807, 2.05) is 60.7 Å². The summed E-state index contributed by atoms with van der Waals surface area (Å²) in [5, 5.41) is 10.4. The van der Waals surface area contributed by atoms with Gasteiger partial charge in [0.25, 0.3) is 0 Å². The lowest BCUT2D eigenvalue weighted by molar-refractivity contribution is -0.145. The third-order valence-electron chi connectivity index (χ3n) is 3.97. The van der Waals surface area contributed by atoms with E-state index in [2.05, 4.69) is 0 Å². The number of carbonyl (C=O) groups is 2. The zero-order valence-corrected chi connectivity index (χ0v) is 14.9. The van der Waals surface area contributed by atoms with Crippen molar-refractivity contribution in [3.05, 3.63) is 71.8 Å². The predicted octanol–water partition coefficient (Wildman–Crippen LogP) is 0.879. The van der Waals surface area contributed by atoms with Crippen LogP contribution in [-0.4, -0.2) is 35.2 Å². The second-order valence-corrected chi connectivity index (χ2v) is 6.11. The van der Waals surface area contributed by atoms with Crippen molar-refractivity contribution in [2.45, 2.75) is 37.9 Å². The van der Waals surface area contributed by atoms with E-state index in [1.54, 1.807) is 0 Å². The second-order valence-electron chi connectivity index (χ2n) is 6.11. The third-order valence-corrected chi connectivity index (χ3v) is 3.97. The molecule has 0 spiro atoms. The standard InChI is InChI=1S/C20H24N2O5/c21-19(24)17(26-12-14-7-3-1-4-8-14)11-16(23)18(20(22)25)27-13-15-9-5-2-6-10-15/h1-10,16-18,23H,11-13H2,(H2,21,24)(H2,22,25)/t16-,17+,18?/m0/s1. The third kappa shape index (κ3) is 6.82. The molecule has 0 fully saturated rings. The number of nitrogens with two attached hydrogens (primary N) is 2. The molecule has 0 saturated heterocycles. The minimum Gasteiger partial charge on any atom is -0.390 e. The molecular weight excluding hydrogens is 348 g/mol. The summed E-state index contributed by atoms with van der Waals surface area (Å²) in [7, 11) is 0. The zero-order valence-electron chi connectivity index (χ0n) is 14.9. The van der Waals surface area contributed by atoms with Crippen LogP contribution in [0.4, 0.5) is 0 Å². The number of hydrogen-bond donors (Lipinski definition) is 3. The lowest BCUT2D eigenvalue weighted by Gasteiger charge is -2.24. The quantitative estimate of drug-likeness (QED) is 0.540. The van der Waals surface area contributed by atoms with Gasteiger partial charge in [0.05, 0.1) is 19.3 Å². The molecule has 1 unspecified atom stereocenters. The van der Waals surface area contributed by atoms with Gasteiger partial charge in [-0.15, -0.1) is 0 Å². The maximum Gasteiger partial charge on any atom is 0.249 e. The molecule has 2 amide bonds. The van der Waals surface area contributed by atoms with Crippen LogP contribution in [0.15, 0.2) is 60.7 Å². The van der Waals surface area contributed by atoms with Gasteiger partial charge in [-0.3, -0.25) is 9.59 Å². The highest BCUT2D eigenvalue weighted by Crippen LogP contribution is 2.14. The maximum atomic E-state index is 11.7. The number of hydrogen-bond acceptors (Lipinski definition) is 5. The summed E-state index contributed by atoms with van der Waals surface area (Å²) in [6.07, 6.45) is -3.90. The van der Waals surface area contributed by atoms with E-state index in [0.29, 0.717) is 0 Å². The Hall–Kier alpha value is -2.74. The average Bonchev–Trinajstić information content (AvgIpc) is 2.66. The van der Waals surface area contributed by atoms with Crippen LogP contribution in [0.1, 0.15) is 17.5 Å². The van der Waals surface area contributed by atoms with E-state index in [4.69, 9.17) is 20.9 Å². The highest BCUT2D eigenvalue weighted by molar-refractivity contribution is 5.81. The molecule has 144 valence electrons. The van der Waals surface area contributed by atoms with Gasteiger partial charge in [-0.2, -0.15) is 0 Å². The average molecular weight is 372 g/mol. The van der Waals surface area contributed by atoms with Crippen LogP contribution in [-0.2, 0) is 32.3 Å². The minimum absolute atomic E-state index is 0.0949. The molecule has 0 heterocycles. The van der Waals surface area contributed by atoms with E-state index in [-0.39, 0.29) is 19.6 Å². The van der Waals surface area contributed by atoms with Crippen molar-refractivity contribution in [2.24, 2.45) is 11.5 Å². The Kier molecular flexibility index (Phi) is 7.94. The summed E-state index contributed by atoms with van der Waals surface area (Å²) in [4.78, 5) is 23.3. The number of aliphatic hydroxyl groups is 1. The fourth-order valence-electron chi connectivity index (χ4n) is 2.52. The van der Waals surface area contributed by atoms with E-state index in [9.17, 15) is 14.7 Å². The highest BCUT2D eigenvalue weighted by Gasteiger charge is 2.30. The van der Waals surface area contributed by atoms with Crippen LogP contribution >= 0.6 is 0 Å². The summed E-state index contributed by atoms with van der Waals surface area (Å²) in [6.45, 7) is 0.241. The van der Waals surface area contributed by atoms with Crippen molar-refractivity contribution < 1.29 is 24.2 Å². The Labute approximate surface area is 157 Å². The Morgan fingerprint density at radius 2 is 1.30 bits per heavy atom. The van der Waals surface area contributed by atoms with Gasteiger partial charge >= 0.3 is 0 Å². The molecule has 0 radical (unpaired) electrons. The molecule has 0 aliphatic heterocycles. The summed E-state index contributed by atoms with van der Waals surface area (Å²) in [5.74, 6) is -1.57. The van der Waals surface area contributed by atoms with Gasteiger partial charge in [0.2, 0.25) is 11.8 Å². The molecule has 7 heteroatoms. The van der Waals surface area contributed by atoms with Gasteiger partial charge in [0, 0.05) is 6.42 Å². The molecule has 2 rings (SSSR count). The molecular formula is C20H24N2O5. The predicted molar refractivity (Wildman–Crippen MR) is 99.1 cm³/mol. The fourth-order valence-corrected chi connectivity index (χ4v) is 2.52. The molecule has 0 saturated carbocycles. The van der Waals surface area contributed by atoms with Crippen LogP contribution in [0.3, 0.4) is 0 Å². The molecule has 0 aliphatic rings. The molecule has 0 aromatic heterocycles. The maximum absolute atomic E-state index is 11.7. The molecule has 7 nitrogen and oxygen atoms in total. The van der Waals surface area contributed by atoms with Gasteiger partial charge in [-0.25, -0.2) is 0 Å². The second kappa shape index (κ2) is 10.4. The summed E-state index contributed by atoms with van der Waals surface area (Å²) < 4.78 is 11.0. The lowest BCUT2D eigenvalue weighted by atomic mass is 10.1. The topological polar surface area (TPSA) is 125 Å². The first-order valence-corrected chi connectivity index (χ1v) is 8.55. The van der Waals surface area contributed by atoms with Crippen molar-refractivity contribution >= 4 is 11.8 Å². The van der Waals surface area contributed by atoms with Crippen molar-refractivity contribution in [3.63, 3.8) is 0 Å². The highest BCUT2D eigenvalue weighted by atomic mass is 16.5. The monoisotopic (exact) mass is 372 g/mol. The Bertz CT molecular complexity index is 724. The first kappa shape index (κ1) is 20.6. The van der Waals surface area contributed by atoms with E-state index >= 15 is 0 Å². The van der Waals surface area contributed by atoms with Crippen molar-refractivity contribution in [3.8, 4) is 0 Å². The Balaban J connectivity index is 1.94. The minimum atomic E-state index is -1.33. The van der Waals surface area contributed by atoms with Crippen LogP contribution in [0.5, 0.6) is 0 Å². The van der Waals surface area contributed by atoms with Crippen molar-refractivity contribution in [1.29, 1.82) is 0 Å². The fraction of sp³-hybridized carbons (Fsp3) is 0.300. The number of carbonyl (C=O) groups excluding carboxylic acids is 2.